The van der Waals surface area contributed by atoms with Crippen molar-refractivity contribution in [3.05, 3.63) is 77.8 Å². The van der Waals surface area contributed by atoms with Crippen LogP contribution in [0.15, 0.2) is 70.8 Å². The van der Waals surface area contributed by atoms with Gasteiger partial charge in [-0.25, -0.2) is 9.78 Å². The highest BCUT2D eigenvalue weighted by molar-refractivity contribution is 5.97. The average Bonchev–Trinajstić information content (AvgIpc) is 3.20. The van der Waals surface area contributed by atoms with Crippen molar-refractivity contribution in [1.29, 1.82) is 5.26 Å². The number of ether oxygens (including phenoxy) is 1. The number of hydrogen-bond acceptors (Lipinski definition) is 6. The molecule has 0 aliphatic rings. The Morgan fingerprint density at radius 1 is 1.18 bits per heavy atom. The third kappa shape index (κ3) is 4.65. The maximum atomic E-state index is 12.2. The second-order valence-electron chi connectivity index (χ2n) is 6.22. The molecule has 2 aromatic carbocycles. The maximum Gasteiger partial charge on any atom is 0.349 e. The zero-order valence-electron chi connectivity index (χ0n) is 15.6. The first-order chi connectivity index (χ1) is 13.6. The van der Waals surface area contributed by atoms with Gasteiger partial charge in [0.2, 0.25) is 5.89 Å². The lowest BCUT2D eigenvalue weighted by Crippen LogP contribution is -2.08. The van der Waals surface area contributed by atoms with Crippen molar-refractivity contribution in [3.63, 3.8) is 0 Å². The third-order valence-electron chi connectivity index (χ3n) is 4.00. The molecule has 6 nitrogen and oxygen atoms in total. The summed E-state index contributed by atoms with van der Waals surface area (Å²) in [5.41, 5.74) is 2.55. The van der Waals surface area contributed by atoms with E-state index in [2.05, 4.69) is 4.98 Å². The number of carbonyl (C=O) groups is 1. The number of oxazole rings is 1. The lowest BCUT2D eigenvalue weighted by atomic mass is 10.1. The Bertz CT molecular complexity index is 1010. The highest BCUT2D eigenvalue weighted by atomic mass is 16.5. The standard InChI is InChI=1S/C22H19N3O3/c1-25(2)19-10-8-16(9-11-19)12-18(13-23)22(26)27-15-21-24-14-20(28-21)17-6-4-3-5-7-17/h3-12,14H,15H2,1-2H3/b18-12+. The molecule has 0 aliphatic carbocycles. The number of carbonyl (C=O) groups excluding carboxylic acids is 1. The summed E-state index contributed by atoms with van der Waals surface area (Å²) in [7, 11) is 3.88. The Labute approximate surface area is 163 Å². The number of nitriles is 1. The lowest BCUT2D eigenvalue weighted by molar-refractivity contribution is -0.140. The van der Waals surface area contributed by atoms with Gasteiger partial charge in [0.25, 0.3) is 0 Å². The minimum Gasteiger partial charge on any atom is -0.452 e. The van der Waals surface area contributed by atoms with Gasteiger partial charge in [-0.2, -0.15) is 5.26 Å². The van der Waals surface area contributed by atoms with Crippen molar-refractivity contribution < 1.29 is 13.9 Å². The van der Waals surface area contributed by atoms with E-state index < -0.39 is 5.97 Å². The first kappa shape index (κ1) is 18.9. The fourth-order valence-corrected chi connectivity index (χ4v) is 2.49. The molecular weight excluding hydrogens is 354 g/mol. The molecule has 1 aromatic heterocycles. The first-order valence-electron chi connectivity index (χ1n) is 8.63. The van der Waals surface area contributed by atoms with E-state index in [1.807, 2.05) is 79.7 Å². The van der Waals surface area contributed by atoms with Crippen LogP contribution in [0.2, 0.25) is 0 Å². The van der Waals surface area contributed by atoms with Crippen molar-refractivity contribution >= 4 is 17.7 Å². The van der Waals surface area contributed by atoms with E-state index in [1.165, 1.54) is 6.08 Å². The van der Waals surface area contributed by atoms with Crippen molar-refractivity contribution in [2.45, 2.75) is 6.61 Å². The van der Waals surface area contributed by atoms with E-state index in [9.17, 15) is 10.1 Å². The van der Waals surface area contributed by atoms with Crippen LogP contribution in [0, 0.1) is 11.3 Å². The van der Waals surface area contributed by atoms with E-state index in [1.54, 1.807) is 6.20 Å². The number of nitrogens with zero attached hydrogens (tertiary/aromatic N) is 3. The zero-order valence-corrected chi connectivity index (χ0v) is 15.6. The monoisotopic (exact) mass is 373 g/mol. The number of anilines is 1. The molecule has 1 heterocycles. The van der Waals surface area contributed by atoms with Crippen LogP contribution in [0.5, 0.6) is 0 Å². The highest BCUT2D eigenvalue weighted by Gasteiger charge is 2.13. The van der Waals surface area contributed by atoms with Crippen LogP contribution in [-0.4, -0.2) is 25.0 Å². The second-order valence-corrected chi connectivity index (χ2v) is 6.22. The molecule has 0 N–H and O–H groups in total. The van der Waals surface area contributed by atoms with Crippen molar-refractivity contribution in [2.75, 3.05) is 19.0 Å². The summed E-state index contributed by atoms with van der Waals surface area (Å²) in [5.74, 6) is 0.127. The molecule has 3 rings (SSSR count). The Morgan fingerprint density at radius 3 is 2.54 bits per heavy atom. The number of esters is 1. The zero-order chi connectivity index (χ0) is 19.9. The van der Waals surface area contributed by atoms with Crippen LogP contribution < -0.4 is 4.90 Å². The summed E-state index contributed by atoms with van der Waals surface area (Å²) in [4.78, 5) is 18.3. The summed E-state index contributed by atoms with van der Waals surface area (Å²) in [5, 5.41) is 9.28. The van der Waals surface area contributed by atoms with Crippen molar-refractivity contribution in [2.24, 2.45) is 0 Å². The van der Waals surface area contributed by atoms with Gasteiger partial charge in [-0.3, -0.25) is 0 Å². The Kier molecular flexibility index (Phi) is 5.87. The second kappa shape index (κ2) is 8.69. The Balaban J connectivity index is 1.64. The van der Waals surface area contributed by atoms with E-state index >= 15 is 0 Å². The fraction of sp³-hybridized carbons (Fsp3) is 0.136. The normalized spacial score (nSPS) is 11.0. The van der Waals surface area contributed by atoms with E-state index in [0.717, 1.165) is 16.8 Å². The summed E-state index contributed by atoms with van der Waals surface area (Å²) in [6.07, 6.45) is 3.07. The highest BCUT2D eigenvalue weighted by Crippen LogP contribution is 2.20. The number of benzene rings is 2. The molecule has 3 aromatic rings. The van der Waals surface area contributed by atoms with Crippen molar-refractivity contribution in [3.8, 4) is 17.4 Å². The molecule has 0 radical (unpaired) electrons. The molecule has 0 saturated heterocycles. The van der Waals surface area contributed by atoms with Crippen LogP contribution in [0.4, 0.5) is 5.69 Å². The smallest absolute Gasteiger partial charge is 0.349 e. The van der Waals surface area contributed by atoms with Gasteiger partial charge in [0.1, 0.15) is 11.6 Å². The summed E-state index contributed by atoms with van der Waals surface area (Å²) < 4.78 is 10.8. The molecule has 140 valence electrons. The molecule has 0 bridgehead atoms. The summed E-state index contributed by atoms with van der Waals surface area (Å²) in [6.45, 7) is -0.149. The SMILES string of the molecule is CN(C)c1ccc(/C=C(\C#N)C(=O)OCc2ncc(-c3ccccc3)o2)cc1. The van der Waals surface area contributed by atoms with E-state index in [-0.39, 0.29) is 18.1 Å². The summed E-state index contributed by atoms with van der Waals surface area (Å²) >= 11 is 0. The van der Waals surface area contributed by atoms with Gasteiger partial charge in [-0.05, 0) is 23.8 Å². The minimum absolute atomic E-state index is 0.0903. The molecule has 0 spiro atoms. The van der Waals surface area contributed by atoms with Crippen LogP contribution in [0.1, 0.15) is 11.5 Å². The van der Waals surface area contributed by atoms with Crippen molar-refractivity contribution in [1.82, 2.24) is 4.98 Å². The van der Waals surface area contributed by atoms with E-state index in [4.69, 9.17) is 9.15 Å². The van der Waals surface area contributed by atoms with Crippen LogP contribution in [-0.2, 0) is 16.1 Å². The van der Waals surface area contributed by atoms with Gasteiger partial charge in [0.05, 0.1) is 6.20 Å². The quantitative estimate of drug-likeness (QED) is 0.368. The van der Waals surface area contributed by atoms with Gasteiger partial charge in [-0.15, -0.1) is 0 Å². The summed E-state index contributed by atoms with van der Waals surface area (Å²) in [6, 6.07) is 18.9. The molecule has 0 amide bonds. The number of rotatable bonds is 6. The van der Waals surface area contributed by atoms with Crippen LogP contribution in [0.25, 0.3) is 17.4 Å². The van der Waals surface area contributed by atoms with Gasteiger partial charge >= 0.3 is 5.97 Å². The Morgan fingerprint density at radius 2 is 1.89 bits per heavy atom. The molecule has 6 heteroatoms. The molecule has 0 fully saturated rings. The Hall–Kier alpha value is -3.85. The maximum absolute atomic E-state index is 12.2. The molecule has 0 atom stereocenters. The average molecular weight is 373 g/mol. The fourth-order valence-electron chi connectivity index (χ4n) is 2.49. The number of aromatic nitrogens is 1. The lowest BCUT2D eigenvalue weighted by Gasteiger charge is -2.11. The molecular formula is C22H19N3O3. The van der Waals surface area contributed by atoms with Gasteiger partial charge in [-0.1, -0.05) is 42.5 Å². The first-order valence-corrected chi connectivity index (χ1v) is 8.63. The predicted octanol–water partition coefficient (Wildman–Crippen LogP) is 4.06. The number of hydrogen-bond donors (Lipinski definition) is 0. The largest absolute Gasteiger partial charge is 0.452 e. The van der Waals surface area contributed by atoms with Crippen LogP contribution in [0.3, 0.4) is 0 Å². The molecule has 28 heavy (non-hydrogen) atoms. The van der Waals surface area contributed by atoms with E-state index in [0.29, 0.717) is 5.76 Å². The predicted molar refractivity (Wildman–Crippen MR) is 106 cm³/mol. The van der Waals surface area contributed by atoms with Crippen LogP contribution >= 0.6 is 0 Å². The van der Waals surface area contributed by atoms with Gasteiger partial charge in [0.15, 0.2) is 12.4 Å². The van der Waals surface area contributed by atoms with Gasteiger partial charge in [0, 0.05) is 25.3 Å². The van der Waals surface area contributed by atoms with Gasteiger partial charge < -0.3 is 14.1 Å². The molecule has 0 saturated carbocycles. The topological polar surface area (TPSA) is 79.4 Å². The molecule has 0 unspecified atom stereocenters. The minimum atomic E-state index is -0.723. The molecule has 0 aliphatic heterocycles. The third-order valence-corrected chi connectivity index (χ3v) is 4.00.